The van der Waals surface area contributed by atoms with Crippen LogP contribution in [0.5, 0.6) is 0 Å². The van der Waals surface area contributed by atoms with E-state index in [1.807, 2.05) is 24.3 Å². The number of rotatable bonds is 7. The first-order chi connectivity index (χ1) is 15.3. The monoisotopic (exact) mass is 448 g/mol. The third kappa shape index (κ3) is 6.71. The summed E-state index contributed by atoms with van der Waals surface area (Å²) < 4.78 is 39.7. The van der Waals surface area contributed by atoms with E-state index in [-0.39, 0.29) is 6.54 Å². The average Bonchev–Trinajstić information content (AvgIpc) is 2.79. The molecule has 1 fully saturated rings. The molecule has 1 heterocycles. The smallest absolute Gasteiger partial charge is 0.315 e. The Morgan fingerprint density at radius 3 is 2.28 bits per heavy atom. The normalized spacial score (nSPS) is 14.8. The zero-order chi connectivity index (χ0) is 23.1. The van der Waals surface area contributed by atoms with Crippen LogP contribution in [0.25, 0.3) is 0 Å². The molecule has 0 spiro atoms. The summed E-state index contributed by atoms with van der Waals surface area (Å²) in [5, 5.41) is 7.04. The van der Waals surface area contributed by atoms with Crippen LogP contribution in [0.3, 0.4) is 0 Å². The molecular weight excluding hydrogens is 421 g/mol. The third-order valence-corrected chi connectivity index (χ3v) is 5.48. The lowest BCUT2D eigenvalue weighted by Crippen LogP contribution is -2.39. The first kappa shape index (κ1) is 23.6. The standard InChI is InChI=1S/C23H27F3N4O2/c1-15-8-10-30(11-9-15)14-17-4-2-16(3-5-17)12-27-23(32)28-13-20(31)29-19-7-6-18(24)21(25)22(19)26/h2-7,15H,8-14H2,1H3,(H,29,31)(H2,27,28,32). The number of carbonyl (C=O) groups is 2. The Kier molecular flexibility index (Phi) is 8.10. The fraction of sp³-hybridized carbons (Fsp3) is 0.391. The molecule has 1 aliphatic rings. The predicted molar refractivity (Wildman–Crippen MR) is 115 cm³/mol. The number of likely N-dealkylation sites (tertiary alicyclic amines) is 1. The van der Waals surface area contributed by atoms with Crippen LogP contribution < -0.4 is 16.0 Å². The molecule has 6 nitrogen and oxygen atoms in total. The van der Waals surface area contributed by atoms with E-state index in [1.165, 1.54) is 18.4 Å². The minimum Gasteiger partial charge on any atom is -0.334 e. The summed E-state index contributed by atoms with van der Waals surface area (Å²) in [6.45, 7) is 5.23. The number of hydrogen-bond donors (Lipinski definition) is 3. The number of hydrogen-bond acceptors (Lipinski definition) is 3. The number of nitrogens with one attached hydrogen (secondary N) is 3. The molecule has 32 heavy (non-hydrogen) atoms. The quantitative estimate of drug-likeness (QED) is 0.565. The second-order valence-corrected chi connectivity index (χ2v) is 8.08. The molecule has 0 bridgehead atoms. The molecule has 0 unspecified atom stereocenters. The Labute approximate surface area is 185 Å². The van der Waals surface area contributed by atoms with Gasteiger partial charge in [-0.05, 0) is 55.1 Å². The summed E-state index contributed by atoms with van der Waals surface area (Å²) in [4.78, 5) is 26.2. The van der Waals surface area contributed by atoms with E-state index in [9.17, 15) is 22.8 Å². The number of carbonyl (C=O) groups excluding carboxylic acids is 2. The fourth-order valence-electron chi connectivity index (χ4n) is 3.46. The Morgan fingerprint density at radius 2 is 1.59 bits per heavy atom. The van der Waals surface area contributed by atoms with E-state index in [0.717, 1.165) is 37.2 Å². The first-order valence-corrected chi connectivity index (χ1v) is 10.6. The van der Waals surface area contributed by atoms with Crippen LogP contribution in [0, 0.1) is 23.4 Å². The van der Waals surface area contributed by atoms with E-state index in [4.69, 9.17) is 0 Å². The van der Waals surface area contributed by atoms with Gasteiger partial charge in [-0.3, -0.25) is 9.69 Å². The van der Waals surface area contributed by atoms with Gasteiger partial charge in [0.1, 0.15) is 0 Å². The van der Waals surface area contributed by atoms with Crippen LogP contribution in [-0.4, -0.2) is 36.5 Å². The molecule has 1 saturated heterocycles. The molecule has 0 aromatic heterocycles. The molecule has 172 valence electrons. The highest BCUT2D eigenvalue weighted by Gasteiger charge is 2.16. The number of urea groups is 1. The lowest BCUT2D eigenvalue weighted by molar-refractivity contribution is -0.115. The van der Waals surface area contributed by atoms with E-state index in [2.05, 4.69) is 27.8 Å². The van der Waals surface area contributed by atoms with Crippen LogP contribution in [0.15, 0.2) is 36.4 Å². The van der Waals surface area contributed by atoms with E-state index in [1.54, 1.807) is 0 Å². The molecule has 2 aromatic carbocycles. The van der Waals surface area contributed by atoms with Crippen molar-refractivity contribution in [2.45, 2.75) is 32.9 Å². The summed E-state index contributed by atoms with van der Waals surface area (Å²) in [7, 11) is 0. The van der Waals surface area contributed by atoms with Crippen LogP contribution >= 0.6 is 0 Å². The second-order valence-electron chi connectivity index (χ2n) is 8.08. The highest BCUT2D eigenvalue weighted by atomic mass is 19.2. The maximum atomic E-state index is 13.6. The van der Waals surface area contributed by atoms with Gasteiger partial charge in [0, 0.05) is 13.1 Å². The van der Waals surface area contributed by atoms with Gasteiger partial charge in [-0.2, -0.15) is 0 Å². The minimum atomic E-state index is -1.68. The van der Waals surface area contributed by atoms with E-state index >= 15 is 0 Å². The summed E-state index contributed by atoms with van der Waals surface area (Å²) in [6, 6.07) is 8.99. The van der Waals surface area contributed by atoms with Gasteiger partial charge in [0.25, 0.3) is 0 Å². The van der Waals surface area contributed by atoms with E-state index < -0.39 is 41.6 Å². The summed E-state index contributed by atoms with van der Waals surface area (Å²) in [5.74, 6) is -4.51. The van der Waals surface area contributed by atoms with Gasteiger partial charge in [-0.15, -0.1) is 0 Å². The van der Waals surface area contributed by atoms with Crippen molar-refractivity contribution in [2.75, 3.05) is 25.0 Å². The zero-order valence-corrected chi connectivity index (χ0v) is 17.9. The highest BCUT2D eigenvalue weighted by Crippen LogP contribution is 2.20. The number of piperidine rings is 1. The lowest BCUT2D eigenvalue weighted by Gasteiger charge is -2.30. The maximum Gasteiger partial charge on any atom is 0.315 e. The van der Waals surface area contributed by atoms with Crippen LogP contribution in [0.1, 0.15) is 30.9 Å². The van der Waals surface area contributed by atoms with Crippen molar-refractivity contribution < 1.29 is 22.8 Å². The Hall–Kier alpha value is -3.07. The van der Waals surface area contributed by atoms with Gasteiger partial charge < -0.3 is 16.0 Å². The van der Waals surface area contributed by atoms with Gasteiger partial charge in [0.05, 0.1) is 12.2 Å². The highest BCUT2D eigenvalue weighted by molar-refractivity contribution is 5.94. The van der Waals surface area contributed by atoms with Crippen LogP contribution in [0.2, 0.25) is 0 Å². The molecule has 0 aliphatic carbocycles. The number of amides is 3. The summed E-state index contributed by atoms with van der Waals surface area (Å²) >= 11 is 0. The van der Waals surface area contributed by atoms with Gasteiger partial charge in [-0.25, -0.2) is 18.0 Å². The maximum absolute atomic E-state index is 13.6. The Morgan fingerprint density at radius 1 is 0.938 bits per heavy atom. The molecule has 2 aromatic rings. The second kappa shape index (κ2) is 11.0. The molecule has 0 saturated carbocycles. The molecule has 9 heteroatoms. The van der Waals surface area contributed by atoms with Crippen LogP contribution in [0.4, 0.5) is 23.7 Å². The van der Waals surface area contributed by atoms with E-state index in [0.29, 0.717) is 6.07 Å². The Balaban J connectivity index is 1.38. The average molecular weight is 448 g/mol. The van der Waals surface area contributed by atoms with Gasteiger partial charge in [-0.1, -0.05) is 31.2 Å². The summed E-state index contributed by atoms with van der Waals surface area (Å²) in [6.07, 6.45) is 2.45. The number of benzene rings is 2. The van der Waals surface area contributed by atoms with Crippen molar-refractivity contribution in [1.82, 2.24) is 15.5 Å². The van der Waals surface area contributed by atoms with Crippen LogP contribution in [-0.2, 0) is 17.9 Å². The van der Waals surface area contributed by atoms with Crippen molar-refractivity contribution >= 4 is 17.6 Å². The fourth-order valence-corrected chi connectivity index (χ4v) is 3.46. The van der Waals surface area contributed by atoms with Crippen molar-refractivity contribution in [3.63, 3.8) is 0 Å². The largest absolute Gasteiger partial charge is 0.334 e. The zero-order valence-electron chi connectivity index (χ0n) is 17.9. The molecule has 3 rings (SSSR count). The number of halogens is 3. The minimum absolute atomic E-state index is 0.271. The van der Waals surface area contributed by atoms with Crippen molar-refractivity contribution in [1.29, 1.82) is 0 Å². The van der Waals surface area contributed by atoms with Crippen molar-refractivity contribution in [2.24, 2.45) is 5.92 Å². The van der Waals surface area contributed by atoms with Gasteiger partial charge in [0.2, 0.25) is 5.91 Å². The molecule has 3 N–H and O–H groups in total. The third-order valence-electron chi connectivity index (χ3n) is 5.48. The summed E-state index contributed by atoms with van der Waals surface area (Å²) in [5.41, 5.74) is 1.62. The number of nitrogens with zero attached hydrogens (tertiary/aromatic N) is 1. The predicted octanol–water partition coefficient (Wildman–Crippen LogP) is 3.77. The molecule has 0 radical (unpaired) electrons. The number of anilines is 1. The Bertz CT molecular complexity index is 945. The molecule has 3 amide bonds. The first-order valence-electron chi connectivity index (χ1n) is 10.6. The molecule has 1 aliphatic heterocycles. The molecular formula is C23H27F3N4O2. The van der Waals surface area contributed by atoms with Crippen molar-refractivity contribution in [3.05, 3.63) is 65.0 Å². The lowest BCUT2D eigenvalue weighted by atomic mass is 9.99. The molecule has 0 atom stereocenters. The SMILES string of the molecule is CC1CCN(Cc2ccc(CNC(=O)NCC(=O)Nc3ccc(F)c(F)c3F)cc2)CC1. The van der Waals surface area contributed by atoms with Gasteiger partial charge in [0.15, 0.2) is 17.5 Å². The van der Waals surface area contributed by atoms with Crippen molar-refractivity contribution in [3.8, 4) is 0 Å². The topological polar surface area (TPSA) is 73.5 Å². The van der Waals surface area contributed by atoms with Gasteiger partial charge >= 0.3 is 6.03 Å².